The maximum Gasteiger partial charge on any atom is 0.0816 e. The molecule has 0 rings (SSSR count). The Kier molecular flexibility index (Phi) is 20.7. The molecule has 0 aliphatic rings. The molecular weight excluding hydrogens is 362 g/mol. The first kappa shape index (κ1) is 28.3. The highest BCUT2D eigenvalue weighted by atomic mass is 32.2. The molecule has 0 fully saturated rings. The first-order valence-corrected chi connectivity index (χ1v) is 13.7. The zero-order valence-electron chi connectivity index (χ0n) is 20.0. The number of aliphatic hydroxyl groups excluding tert-OH is 1. The quantitative estimate of drug-likeness (QED) is 0.148. The second kappa shape index (κ2) is 20.5. The van der Waals surface area contributed by atoms with Gasteiger partial charge in [0.15, 0.2) is 0 Å². The SMILES string of the molecule is CCCCCCCCCCCCCCCCSCC(C)C[N+](C)(C)CCCO. The Morgan fingerprint density at radius 1 is 0.714 bits per heavy atom. The molecule has 0 radical (unpaired) electrons. The van der Waals surface area contributed by atoms with E-state index in [9.17, 15) is 0 Å². The topological polar surface area (TPSA) is 20.2 Å². The molecule has 1 unspecified atom stereocenters. The fourth-order valence-corrected chi connectivity index (χ4v) is 5.25. The second-order valence-corrected chi connectivity index (χ2v) is 10.8. The van der Waals surface area contributed by atoms with Crippen LogP contribution in [0.15, 0.2) is 0 Å². The highest BCUT2D eigenvalue weighted by Gasteiger charge is 2.18. The van der Waals surface area contributed by atoms with Crippen molar-refractivity contribution in [2.45, 2.75) is 110 Å². The van der Waals surface area contributed by atoms with Crippen molar-refractivity contribution in [3.05, 3.63) is 0 Å². The lowest BCUT2D eigenvalue weighted by Gasteiger charge is -2.32. The summed E-state index contributed by atoms with van der Waals surface area (Å²) in [4.78, 5) is 0. The van der Waals surface area contributed by atoms with Crippen LogP contribution < -0.4 is 0 Å². The third kappa shape index (κ3) is 21.0. The lowest BCUT2D eigenvalue weighted by Crippen LogP contribution is -2.44. The zero-order chi connectivity index (χ0) is 20.9. The van der Waals surface area contributed by atoms with Gasteiger partial charge in [-0.2, -0.15) is 11.8 Å². The first-order chi connectivity index (χ1) is 13.5. The van der Waals surface area contributed by atoms with Gasteiger partial charge in [-0.05, 0) is 12.2 Å². The minimum absolute atomic E-state index is 0.323. The summed E-state index contributed by atoms with van der Waals surface area (Å²) in [6, 6.07) is 0. The van der Waals surface area contributed by atoms with Crippen LogP contribution in [0.2, 0.25) is 0 Å². The third-order valence-electron chi connectivity index (χ3n) is 5.77. The normalized spacial score (nSPS) is 13.2. The van der Waals surface area contributed by atoms with Crippen LogP contribution in [-0.4, -0.2) is 54.9 Å². The van der Waals surface area contributed by atoms with Gasteiger partial charge in [0.2, 0.25) is 0 Å². The molecule has 1 N–H and O–H groups in total. The van der Waals surface area contributed by atoms with Gasteiger partial charge in [0.1, 0.15) is 0 Å². The van der Waals surface area contributed by atoms with E-state index in [1.54, 1.807) is 0 Å². The highest BCUT2D eigenvalue weighted by molar-refractivity contribution is 7.99. The predicted molar refractivity (Wildman–Crippen MR) is 130 cm³/mol. The Morgan fingerprint density at radius 3 is 1.64 bits per heavy atom. The monoisotopic (exact) mass is 416 g/mol. The maximum atomic E-state index is 9.01. The number of thioether (sulfide) groups is 1. The van der Waals surface area contributed by atoms with Gasteiger partial charge in [0, 0.05) is 24.7 Å². The number of nitrogens with zero attached hydrogens (tertiary/aromatic N) is 1. The molecule has 0 aliphatic carbocycles. The van der Waals surface area contributed by atoms with Crippen molar-refractivity contribution < 1.29 is 9.59 Å². The molecular formula is C25H54NOS+. The lowest BCUT2D eigenvalue weighted by molar-refractivity contribution is -0.893. The van der Waals surface area contributed by atoms with E-state index in [1.165, 1.54) is 108 Å². The molecule has 0 saturated carbocycles. The minimum atomic E-state index is 0.323. The molecule has 0 amide bonds. The van der Waals surface area contributed by atoms with Crippen LogP contribution in [0, 0.1) is 5.92 Å². The summed E-state index contributed by atoms with van der Waals surface area (Å²) < 4.78 is 1.04. The van der Waals surface area contributed by atoms with E-state index in [2.05, 4.69) is 39.7 Å². The molecule has 0 aromatic heterocycles. The van der Waals surface area contributed by atoms with E-state index in [0.29, 0.717) is 6.61 Å². The Morgan fingerprint density at radius 2 is 1.18 bits per heavy atom. The van der Waals surface area contributed by atoms with Crippen molar-refractivity contribution in [3.8, 4) is 0 Å². The molecule has 0 aliphatic heterocycles. The average Bonchev–Trinajstić information content (AvgIpc) is 2.65. The zero-order valence-corrected chi connectivity index (χ0v) is 20.8. The molecule has 0 aromatic carbocycles. The highest BCUT2D eigenvalue weighted by Crippen LogP contribution is 2.16. The number of unbranched alkanes of at least 4 members (excludes halogenated alkanes) is 13. The van der Waals surface area contributed by atoms with Gasteiger partial charge in [-0.3, -0.25) is 0 Å². The standard InChI is InChI=1S/C25H54NOS/c1-5-6-7-8-9-10-11-12-13-14-15-16-17-18-22-28-24-25(2)23-26(3,4)20-19-21-27/h25,27H,5-24H2,1-4H3/q+1. The van der Waals surface area contributed by atoms with Gasteiger partial charge >= 0.3 is 0 Å². The van der Waals surface area contributed by atoms with Crippen LogP contribution in [0.1, 0.15) is 110 Å². The van der Waals surface area contributed by atoms with Crippen molar-refractivity contribution >= 4 is 11.8 Å². The third-order valence-corrected chi connectivity index (χ3v) is 7.15. The van der Waals surface area contributed by atoms with Crippen LogP contribution in [0.5, 0.6) is 0 Å². The van der Waals surface area contributed by atoms with Gasteiger partial charge in [-0.25, -0.2) is 0 Å². The van der Waals surface area contributed by atoms with Crippen molar-refractivity contribution in [1.29, 1.82) is 0 Å². The number of hydrogen-bond donors (Lipinski definition) is 1. The molecule has 1 atom stereocenters. The summed E-state index contributed by atoms with van der Waals surface area (Å²) in [5.41, 5.74) is 0. The summed E-state index contributed by atoms with van der Waals surface area (Å²) in [6.45, 7) is 7.32. The molecule has 3 heteroatoms. The van der Waals surface area contributed by atoms with Crippen LogP contribution in [0.4, 0.5) is 0 Å². The average molecular weight is 417 g/mol. The van der Waals surface area contributed by atoms with Crippen LogP contribution in [0.25, 0.3) is 0 Å². The van der Waals surface area contributed by atoms with Crippen molar-refractivity contribution in [2.75, 3.05) is 45.3 Å². The molecule has 0 saturated heterocycles. The molecule has 28 heavy (non-hydrogen) atoms. The molecule has 0 aromatic rings. The molecule has 0 spiro atoms. The second-order valence-electron chi connectivity index (χ2n) is 9.70. The summed E-state index contributed by atoms with van der Waals surface area (Å²) in [6.07, 6.45) is 21.2. The Labute approximate surface area is 182 Å². The van der Waals surface area contributed by atoms with Gasteiger partial charge in [0.25, 0.3) is 0 Å². The van der Waals surface area contributed by atoms with Crippen molar-refractivity contribution in [1.82, 2.24) is 0 Å². The Balaban J connectivity index is 3.27. The fraction of sp³-hybridized carbons (Fsp3) is 1.00. The largest absolute Gasteiger partial charge is 0.396 e. The van der Waals surface area contributed by atoms with E-state index in [4.69, 9.17) is 5.11 Å². The van der Waals surface area contributed by atoms with Gasteiger partial charge in [-0.1, -0.05) is 97.3 Å². The van der Waals surface area contributed by atoms with Crippen molar-refractivity contribution in [2.24, 2.45) is 5.92 Å². The van der Waals surface area contributed by atoms with Gasteiger partial charge < -0.3 is 9.59 Å². The Bertz CT molecular complexity index is 309. The minimum Gasteiger partial charge on any atom is -0.396 e. The molecule has 0 bridgehead atoms. The van der Waals surface area contributed by atoms with E-state index >= 15 is 0 Å². The lowest BCUT2D eigenvalue weighted by atomic mass is 10.0. The van der Waals surface area contributed by atoms with Gasteiger partial charge in [0.05, 0.1) is 27.2 Å². The first-order valence-electron chi connectivity index (χ1n) is 12.5. The van der Waals surface area contributed by atoms with Crippen LogP contribution in [-0.2, 0) is 0 Å². The maximum absolute atomic E-state index is 9.01. The van der Waals surface area contributed by atoms with E-state index in [-0.39, 0.29) is 0 Å². The molecule has 170 valence electrons. The Hall–Kier alpha value is 0.270. The molecule has 0 heterocycles. The molecule has 2 nitrogen and oxygen atoms in total. The fourth-order valence-electron chi connectivity index (χ4n) is 4.17. The van der Waals surface area contributed by atoms with Crippen molar-refractivity contribution in [3.63, 3.8) is 0 Å². The number of aliphatic hydroxyl groups is 1. The van der Waals surface area contributed by atoms with E-state index < -0.39 is 0 Å². The van der Waals surface area contributed by atoms with Crippen LogP contribution in [0.3, 0.4) is 0 Å². The number of quaternary nitrogens is 1. The van der Waals surface area contributed by atoms with Crippen LogP contribution >= 0.6 is 11.8 Å². The number of hydrogen-bond acceptors (Lipinski definition) is 2. The summed E-state index contributed by atoms with van der Waals surface area (Å²) >= 11 is 2.15. The van der Waals surface area contributed by atoms with E-state index in [0.717, 1.165) is 23.4 Å². The van der Waals surface area contributed by atoms with Gasteiger partial charge in [-0.15, -0.1) is 0 Å². The number of rotatable bonds is 22. The van der Waals surface area contributed by atoms with E-state index in [1.807, 2.05) is 0 Å². The summed E-state index contributed by atoms with van der Waals surface area (Å²) in [5.74, 6) is 3.40. The predicted octanol–water partition coefficient (Wildman–Crippen LogP) is 7.30. The summed E-state index contributed by atoms with van der Waals surface area (Å²) in [5, 5.41) is 9.01. The summed E-state index contributed by atoms with van der Waals surface area (Å²) in [7, 11) is 4.59. The smallest absolute Gasteiger partial charge is 0.0816 e.